The first-order valence-corrected chi connectivity index (χ1v) is 6.35. The van der Waals surface area contributed by atoms with Gasteiger partial charge in [-0.25, -0.2) is 4.68 Å². The molecule has 0 spiro atoms. The predicted molar refractivity (Wildman–Crippen MR) is 73.7 cm³/mol. The average molecular weight is 258 g/mol. The summed E-state index contributed by atoms with van der Waals surface area (Å²) in [5.41, 5.74) is 10.1. The van der Waals surface area contributed by atoms with E-state index in [2.05, 4.69) is 11.2 Å². The van der Waals surface area contributed by atoms with E-state index < -0.39 is 0 Å². The van der Waals surface area contributed by atoms with Gasteiger partial charge in [-0.2, -0.15) is 10.4 Å². The fourth-order valence-corrected chi connectivity index (χ4v) is 2.30. The zero-order valence-electron chi connectivity index (χ0n) is 10.6. The molecule has 0 aliphatic heterocycles. The number of rotatable bonds is 2. The second-order valence-electron chi connectivity index (χ2n) is 4.19. The largest absolute Gasteiger partial charge is 0.383 e. The van der Waals surface area contributed by atoms with E-state index in [1.807, 2.05) is 38.3 Å². The van der Waals surface area contributed by atoms with Gasteiger partial charge in [0.1, 0.15) is 11.2 Å². The summed E-state index contributed by atoms with van der Waals surface area (Å²) >= 11 is 1.05. The molecular formula is C13H14N4S. The first-order valence-electron chi connectivity index (χ1n) is 5.53. The third-order valence-corrected chi connectivity index (χ3v) is 3.58. The van der Waals surface area contributed by atoms with E-state index in [-0.39, 0.29) is 0 Å². The van der Waals surface area contributed by atoms with Crippen LogP contribution in [0.2, 0.25) is 0 Å². The van der Waals surface area contributed by atoms with E-state index in [9.17, 15) is 0 Å². The van der Waals surface area contributed by atoms with Gasteiger partial charge in [0.25, 0.3) is 0 Å². The maximum Gasteiger partial charge on any atom is 0.142 e. The van der Waals surface area contributed by atoms with E-state index in [0.29, 0.717) is 5.82 Å². The average Bonchev–Trinajstić information content (AvgIpc) is 2.61. The minimum absolute atomic E-state index is 0.521. The molecule has 0 bridgehead atoms. The van der Waals surface area contributed by atoms with Crippen molar-refractivity contribution >= 4 is 17.6 Å². The van der Waals surface area contributed by atoms with Gasteiger partial charge < -0.3 is 5.73 Å². The van der Waals surface area contributed by atoms with Crippen molar-refractivity contribution in [1.29, 1.82) is 5.26 Å². The molecule has 5 heteroatoms. The number of nitrogens with zero attached hydrogens (tertiary/aromatic N) is 3. The van der Waals surface area contributed by atoms with Gasteiger partial charge in [-0.1, -0.05) is 12.1 Å². The number of nitrogen functional groups attached to an aromatic ring is 1. The highest BCUT2D eigenvalue weighted by atomic mass is 32.2. The number of hydrogen-bond donors (Lipinski definition) is 1. The summed E-state index contributed by atoms with van der Waals surface area (Å²) in [5.74, 6) is 0.521. The second-order valence-corrected chi connectivity index (χ2v) is 4.99. The van der Waals surface area contributed by atoms with E-state index in [1.54, 1.807) is 4.68 Å². The Kier molecular flexibility index (Phi) is 3.30. The fraction of sp³-hybridized carbons (Fsp3) is 0.231. The van der Waals surface area contributed by atoms with Crippen LogP contribution in [0.5, 0.6) is 0 Å². The van der Waals surface area contributed by atoms with Crippen LogP contribution in [0.3, 0.4) is 0 Å². The molecular weight excluding hydrogens is 244 g/mol. The minimum Gasteiger partial charge on any atom is -0.383 e. The summed E-state index contributed by atoms with van der Waals surface area (Å²) in [4.78, 5) is 0.735. The van der Waals surface area contributed by atoms with Gasteiger partial charge in [-0.3, -0.25) is 0 Å². The Labute approximate surface area is 110 Å². The molecule has 18 heavy (non-hydrogen) atoms. The molecule has 4 nitrogen and oxygen atoms in total. The lowest BCUT2D eigenvalue weighted by Gasteiger charge is -2.08. The predicted octanol–water partition coefficient (Wildman–Crippen LogP) is 2.95. The molecule has 0 saturated carbocycles. The number of thiocyanates is 1. The van der Waals surface area contributed by atoms with Gasteiger partial charge in [-0.05, 0) is 49.7 Å². The molecule has 2 N–H and O–H groups in total. The Morgan fingerprint density at radius 1 is 1.33 bits per heavy atom. The normalized spacial score (nSPS) is 10.3. The van der Waals surface area contributed by atoms with Crippen molar-refractivity contribution in [3.8, 4) is 11.1 Å². The summed E-state index contributed by atoms with van der Waals surface area (Å²) in [7, 11) is 0. The number of hydrogen-bond acceptors (Lipinski definition) is 4. The van der Waals surface area contributed by atoms with Crippen LogP contribution >= 0.6 is 11.8 Å². The van der Waals surface area contributed by atoms with E-state index in [4.69, 9.17) is 11.0 Å². The number of benzene rings is 1. The van der Waals surface area contributed by atoms with Crippen LogP contribution in [-0.2, 0) is 0 Å². The zero-order valence-corrected chi connectivity index (χ0v) is 11.4. The lowest BCUT2D eigenvalue weighted by molar-refractivity contribution is 0.864. The van der Waals surface area contributed by atoms with E-state index in [1.165, 1.54) is 0 Å². The molecule has 0 aliphatic carbocycles. The Morgan fingerprint density at radius 2 is 2.06 bits per heavy atom. The third-order valence-electron chi connectivity index (χ3n) is 2.78. The molecule has 1 aromatic heterocycles. The molecule has 2 aromatic rings. The fourth-order valence-electron chi connectivity index (χ4n) is 1.83. The number of aromatic nitrogens is 2. The summed E-state index contributed by atoms with van der Waals surface area (Å²) in [6.07, 6.45) is 0. The number of nitriles is 1. The number of nitrogens with two attached hydrogens (primary N) is 1. The Morgan fingerprint density at radius 3 is 2.72 bits per heavy atom. The third kappa shape index (κ3) is 2.07. The summed E-state index contributed by atoms with van der Waals surface area (Å²) in [6.45, 7) is 5.90. The quantitative estimate of drug-likeness (QED) is 0.664. The first kappa shape index (κ1) is 12.5. The van der Waals surface area contributed by atoms with Crippen LogP contribution in [-0.4, -0.2) is 9.78 Å². The van der Waals surface area contributed by atoms with Crippen molar-refractivity contribution in [2.24, 2.45) is 0 Å². The minimum atomic E-state index is 0.521. The molecule has 0 atom stereocenters. The number of anilines is 1. The molecule has 0 unspecified atom stereocenters. The maximum absolute atomic E-state index is 8.77. The smallest absolute Gasteiger partial charge is 0.142 e. The van der Waals surface area contributed by atoms with Crippen molar-refractivity contribution in [1.82, 2.24) is 9.78 Å². The van der Waals surface area contributed by atoms with E-state index >= 15 is 0 Å². The van der Waals surface area contributed by atoms with Crippen molar-refractivity contribution in [3.05, 3.63) is 35.0 Å². The molecule has 1 heterocycles. The molecule has 0 amide bonds. The van der Waals surface area contributed by atoms with Crippen LogP contribution in [0.1, 0.15) is 16.8 Å². The zero-order chi connectivity index (χ0) is 13.3. The summed E-state index contributed by atoms with van der Waals surface area (Å²) in [6, 6.07) is 6.13. The Balaban J connectivity index is 2.62. The van der Waals surface area contributed by atoms with Crippen molar-refractivity contribution in [2.45, 2.75) is 25.7 Å². The Bertz CT molecular complexity index is 637. The maximum atomic E-state index is 8.77. The molecule has 92 valence electrons. The van der Waals surface area contributed by atoms with Crippen LogP contribution in [0, 0.1) is 31.4 Å². The standard InChI is InChI=1S/C13H14N4S/c1-8-4-5-9(2)11(6-8)17-13(15)12(18-7-14)10(3)16-17/h4-6H,15H2,1-3H3. The van der Waals surface area contributed by atoms with Crippen LogP contribution < -0.4 is 5.73 Å². The van der Waals surface area contributed by atoms with Gasteiger partial charge in [-0.15, -0.1) is 0 Å². The van der Waals surface area contributed by atoms with Gasteiger partial charge >= 0.3 is 0 Å². The van der Waals surface area contributed by atoms with Crippen molar-refractivity contribution < 1.29 is 0 Å². The monoisotopic (exact) mass is 258 g/mol. The van der Waals surface area contributed by atoms with Gasteiger partial charge in [0.05, 0.1) is 16.3 Å². The van der Waals surface area contributed by atoms with Gasteiger partial charge in [0, 0.05) is 0 Å². The summed E-state index contributed by atoms with van der Waals surface area (Å²) < 4.78 is 1.71. The highest BCUT2D eigenvalue weighted by Gasteiger charge is 2.15. The van der Waals surface area contributed by atoms with E-state index in [0.717, 1.165) is 39.2 Å². The topological polar surface area (TPSA) is 67.6 Å². The Hall–Kier alpha value is -1.93. The van der Waals surface area contributed by atoms with Crippen LogP contribution in [0.4, 0.5) is 5.82 Å². The van der Waals surface area contributed by atoms with Crippen molar-refractivity contribution in [3.63, 3.8) is 0 Å². The molecule has 0 saturated heterocycles. The molecule has 0 fully saturated rings. The highest BCUT2D eigenvalue weighted by Crippen LogP contribution is 2.30. The van der Waals surface area contributed by atoms with Crippen LogP contribution in [0.15, 0.2) is 23.1 Å². The number of aryl methyl sites for hydroxylation is 3. The molecule has 0 radical (unpaired) electrons. The highest BCUT2D eigenvalue weighted by molar-refractivity contribution is 8.03. The summed E-state index contributed by atoms with van der Waals surface area (Å²) in [5, 5.41) is 15.2. The number of thioether (sulfide) groups is 1. The molecule has 2 rings (SSSR count). The van der Waals surface area contributed by atoms with Crippen molar-refractivity contribution in [2.75, 3.05) is 5.73 Å². The van der Waals surface area contributed by atoms with Gasteiger partial charge in [0.15, 0.2) is 0 Å². The second kappa shape index (κ2) is 4.75. The molecule has 0 aliphatic rings. The lowest BCUT2D eigenvalue weighted by atomic mass is 10.1. The SMILES string of the molecule is Cc1ccc(C)c(-n2nc(C)c(SC#N)c2N)c1. The first-order chi connectivity index (χ1) is 8.54. The van der Waals surface area contributed by atoms with Crippen LogP contribution in [0.25, 0.3) is 5.69 Å². The molecule has 1 aromatic carbocycles. The lowest BCUT2D eigenvalue weighted by Crippen LogP contribution is -2.04. The van der Waals surface area contributed by atoms with Gasteiger partial charge in [0.2, 0.25) is 0 Å².